The molecule has 0 saturated carbocycles. The SMILES string of the molecule is CC(C)(C)OC(=O)NCCNCCCN1c2ccccc2CCc2ccccc21. The Labute approximate surface area is 174 Å². The van der Waals surface area contributed by atoms with Gasteiger partial charge in [-0.3, -0.25) is 0 Å². The zero-order valence-corrected chi connectivity index (χ0v) is 17.8. The maximum atomic E-state index is 11.7. The number of nitrogens with zero attached hydrogens (tertiary/aromatic N) is 1. The van der Waals surface area contributed by atoms with Gasteiger partial charge in [-0.1, -0.05) is 36.4 Å². The van der Waals surface area contributed by atoms with Gasteiger partial charge >= 0.3 is 6.09 Å². The fourth-order valence-electron chi connectivity index (χ4n) is 3.67. The third-order valence-electron chi connectivity index (χ3n) is 4.93. The van der Waals surface area contributed by atoms with Crippen LogP contribution in [0.1, 0.15) is 38.3 Å². The number of para-hydroxylation sites is 2. The van der Waals surface area contributed by atoms with Crippen molar-refractivity contribution in [1.82, 2.24) is 10.6 Å². The number of fused-ring (bicyclic) bond motifs is 2. The highest BCUT2D eigenvalue weighted by Crippen LogP contribution is 2.35. The van der Waals surface area contributed by atoms with E-state index in [4.69, 9.17) is 4.74 Å². The quantitative estimate of drug-likeness (QED) is 0.681. The van der Waals surface area contributed by atoms with E-state index in [1.54, 1.807) is 0 Å². The van der Waals surface area contributed by atoms with Crippen LogP contribution in [0.15, 0.2) is 48.5 Å². The summed E-state index contributed by atoms with van der Waals surface area (Å²) in [5, 5.41) is 6.19. The average Bonchev–Trinajstić information content (AvgIpc) is 2.83. The number of benzene rings is 2. The van der Waals surface area contributed by atoms with Gasteiger partial charge in [-0.15, -0.1) is 0 Å². The number of amides is 1. The molecule has 0 aromatic heterocycles. The Balaban J connectivity index is 1.48. The van der Waals surface area contributed by atoms with Crippen LogP contribution in [0, 0.1) is 0 Å². The van der Waals surface area contributed by atoms with Crippen LogP contribution in [0.3, 0.4) is 0 Å². The molecule has 2 N–H and O–H groups in total. The van der Waals surface area contributed by atoms with E-state index in [0.717, 1.165) is 38.9 Å². The molecule has 0 saturated heterocycles. The van der Waals surface area contributed by atoms with E-state index in [-0.39, 0.29) is 6.09 Å². The molecule has 0 radical (unpaired) electrons. The molecule has 5 heteroatoms. The molecule has 5 nitrogen and oxygen atoms in total. The van der Waals surface area contributed by atoms with Gasteiger partial charge < -0.3 is 20.3 Å². The van der Waals surface area contributed by atoms with Crippen molar-refractivity contribution in [3.05, 3.63) is 59.7 Å². The number of rotatable bonds is 7. The van der Waals surface area contributed by atoms with Crippen molar-refractivity contribution in [3.63, 3.8) is 0 Å². The molecule has 0 spiro atoms. The van der Waals surface area contributed by atoms with E-state index in [9.17, 15) is 4.79 Å². The maximum Gasteiger partial charge on any atom is 0.407 e. The third-order valence-corrected chi connectivity index (χ3v) is 4.93. The molecule has 2 aromatic rings. The Morgan fingerprint density at radius 3 is 2.10 bits per heavy atom. The second-order valence-corrected chi connectivity index (χ2v) is 8.44. The number of alkyl carbamates (subject to hydrolysis) is 1. The van der Waals surface area contributed by atoms with Gasteiger partial charge in [0.15, 0.2) is 0 Å². The van der Waals surface area contributed by atoms with Gasteiger partial charge in [0.2, 0.25) is 0 Å². The van der Waals surface area contributed by atoms with Crippen molar-refractivity contribution < 1.29 is 9.53 Å². The minimum atomic E-state index is -0.461. The molecule has 0 atom stereocenters. The molecule has 1 aliphatic heterocycles. The molecule has 1 aliphatic rings. The largest absolute Gasteiger partial charge is 0.444 e. The van der Waals surface area contributed by atoms with Crippen LogP contribution in [0.2, 0.25) is 0 Å². The second kappa shape index (κ2) is 9.79. The fourth-order valence-corrected chi connectivity index (χ4v) is 3.67. The number of anilines is 2. The number of nitrogens with one attached hydrogen (secondary N) is 2. The Bertz CT molecular complexity index is 766. The van der Waals surface area contributed by atoms with Crippen molar-refractivity contribution in [2.24, 2.45) is 0 Å². The topological polar surface area (TPSA) is 53.6 Å². The molecule has 156 valence electrons. The van der Waals surface area contributed by atoms with Crippen LogP contribution in [0.4, 0.5) is 16.2 Å². The lowest BCUT2D eigenvalue weighted by atomic mass is 10.0. The number of carbonyl (C=O) groups is 1. The molecule has 0 fully saturated rings. The fraction of sp³-hybridized carbons (Fsp3) is 0.458. The molecule has 3 rings (SSSR count). The Kier molecular flexibility index (Phi) is 7.15. The van der Waals surface area contributed by atoms with Crippen molar-refractivity contribution in [1.29, 1.82) is 0 Å². The van der Waals surface area contributed by atoms with Crippen molar-refractivity contribution >= 4 is 17.5 Å². The number of hydrogen-bond acceptors (Lipinski definition) is 4. The monoisotopic (exact) mass is 395 g/mol. The molecule has 1 amide bonds. The summed E-state index contributed by atoms with van der Waals surface area (Å²) in [6.45, 7) is 8.74. The molecular formula is C24H33N3O2. The summed E-state index contributed by atoms with van der Waals surface area (Å²) in [4.78, 5) is 14.1. The van der Waals surface area contributed by atoms with E-state index < -0.39 is 5.60 Å². The van der Waals surface area contributed by atoms with Gasteiger partial charge in [0.1, 0.15) is 5.60 Å². The van der Waals surface area contributed by atoms with E-state index in [0.29, 0.717) is 6.54 Å². The number of carbonyl (C=O) groups excluding carboxylic acids is 1. The van der Waals surface area contributed by atoms with Crippen LogP contribution in [0.5, 0.6) is 0 Å². The summed E-state index contributed by atoms with van der Waals surface area (Å²) in [5.41, 5.74) is 5.02. The highest BCUT2D eigenvalue weighted by molar-refractivity contribution is 5.71. The summed E-state index contributed by atoms with van der Waals surface area (Å²) >= 11 is 0. The molecule has 1 heterocycles. The van der Waals surface area contributed by atoms with Crippen LogP contribution >= 0.6 is 0 Å². The van der Waals surface area contributed by atoms with Crippen LogP contribution in [-0.4, -0.2) is 37.9 Å². The first-order valence-corrected chi connectivity index (χ1v) is 10.5. The maximum absolute atomic E-state index is 11.7. The highest BCUT2D eigenvalue weighted by atomic mass is 16.6. The van der Waals surface area contributed by atoms with Crippen molar-refractivity contribution in [2.75, 3.05) is 31.1 Å². The predicted octanol–water partition coefficient (Wildman–Crippen LogP) is 4.43. The molecule has 29 heavy (non-hydrogen) atoms. The Hall–Kier alpha value is -2.53. The number of hydrogen-bond donors (Lipinski definition) is 2. The molecule has 0 bridgehead atoms. The van der Waals surface area contributed by atoms with Crippen LogP contribution < -0.4 is 15.5 Å². The lowest BCUT2D eigenvalue weighted by molar-refractivity contribution is 0.0528. The number of ether oxygens (including phenoxy) is 1. The minimum Gasteiger partial charge on any atom is -0.444 e. The summed E-state index contributed by atoms with van der Waals surface area (Å²) < 4.78 is 5.24. The number of aryl methyl sites for hydroxylation is 2. The molecular weight excluding hydrogens is 362 g/mol. The zero-order valence-electron chi connectivity index (χ0n) is 17.8. The lowest BCUT2D eigenvalue weighted by Gasteiger charge is -2.27. The first-order chi connectivity index (χ1) is 13.9. The first kappa shape index (κ1) is 21.2. The second-order valence-electron chi connectivity index (χ2n) is 8.44. The van der Waals surface area contributed by atoms with Gasteiger partial charge in [0.25, 0.3) is 0 Å². The molecule has 0 unspecified atom stereocenters. The molecule has 0 aliphatic carbocycles. The van der Waals surface area contributed by atoms with Gasteiger partial charge in [0.05, 0.1) is 0 Å². The normalized spacial score (nSPS) is 13.3. The zero-order chi connectivity index (χ0) is 20.7. The summed E-state index contributed by atoms with van der Waals surface area (Å²) in [6, 6.07) is 17.5. The average molecular weight is 396 g/mol. The van der Waals surface area contributed by atoms with E-state index in [2.05, 4.69) is 64.1 Å². The van der Waals surface area contributed by atoms with Crippen LogP contribution in [0.25, 0.3) is 0 Å². The van der Waals surface area contributed by atoms with Crippen molar-refractivity contribution in [3.8, 4) is 0 Å². The lowest BCUT2D eigenvalue weighted by Crippen LogP contribution is -2.36. The van der Waals surface area contributed by atoms with Crippen LogP contribution in [-0.2, 0) is 17.6 Å². The standard InChI is InChI=1S/C24H33N3O2/c1-24(2,3)29-23(28)26-17-16-25-15-8-18-27-21-11-6-4-9-19(21)13-14-20-10-5-7-12-22(20)27/h4-7,9-12,25H,8,13-18H2,1-3H3,(H,26,28). The van der Waals surface area contributed by atoms with Crippen molar-refractivity contribution in [2.45, 2.75) is 45.6 Å². The summed E-state index contributed by atoms with van der Waals surface area (Å²) in [6.07, 6.45) is 2.82. The Morgan fingerprint density at radius 2 is 1.52 bits per heavy atom. The van der Waals surface area contributed by atoms with Gasteiger partial charge in [0, 0.05) is 31.0 Å². The van der Waals surface area contributed by atoms with Gasteiger partial charge in [-0.05, 0) is 69.8 Å². The van der Waals surface area contributed by atoms with Gasteiger partial charge in [-0.2, -0.15) is 0 Å². The molecule has 2 aromatic carbocycles. The predicted molar refractivity (Wildman–Crippen MR) is 119 cm³/mol. The van der Waals surface area contributed by atoms with E-state index in [1.807, 2.05) is 20.8 Å². The Morgan fingerprint density at radius 1 is 0.931 bits per heavy atom. The highest BCUT2D eigenvalue weighted by Gasteiger charge is 2.19. The van der Waals surface area contributed by atoms with Gasteiger partial charge in [-0.25, -0.2) is 4.79 Å². The summed E-state index contributed by atoms with van der Waals surface area (Å²) in [7, 11) is 0. The van der Waals surface area contributed by atoms with E-state index in [1.165, 1.54) is 22.5 Å². The van der Waals surface area contributed by atoms with E-state index >= 15 is 0 Å². The smallest absolute Gasteiger partial charge is 0.407 e. The first-order valence-electron chi connectivity index (χ1n) is 10.5. The third kappa shape index (κ3) is 6.23. The summed E-state index contributed by atoms with van der Waals surface area (Å²) in [5.74, 6) is 0. The minimum absolute atomic E-state index is 0.364.